The van der Waals surface area contributed by atoms with Crippen LogP contribution in [-0.2, 0) is 33.0 Å². The number of rotatable bonds is 7. The largest absolute Gasteiger partial charge is 0.458 e. The molecule has 0 aliphatic carbocycles. The Balaban J connectivity index is 1.72. The van der Waals surface area contributed by atoms with Gasteiger partial charge in [0.15, 0.2) is 0 Å². The second kappa shape index (κ2) is 8.72. The molecular weight excluding hydrogens is 428 g/mol. The molecule has 0 radical (unpaired) electrons. The van der Waals surface area contributed by atoms with Crippen LogP contribution in [-0.4, -0.2) is 42.3 Å². The third-order valence-electron chi connectivity index (χ3n) is 4.98. The predicted octanol–water partition coefficient (Wildman–Crippen LogP) is 3.34. The third kappa shape index (κ3) is 4.75. The first kappa shape index (κ1) is 22.8. The molecule has 0 fully saturated rings. The van der Waals surface area contributed by atoms with E-state index >= 15 is 0 Å². The number of hydrogen-bond donors (Lipinski definition) is 0. The lowest BCUT2D eigenvalue weighted by Gasteiger charge is -2.14. The van der Waals surface area contributed by atoms with E-state index in [0.29, 0.717) is 11.3 Å². The summed E-state index contributed by atoms with van der Waals surface area (Å²) in [6, 6.07) is 7.63. The maximum atomic E-state index is 13.8. The van der Waals surface area contributed by atoms with Gasteiger partial charge in [-0.1, -0.05) is 0 Å². The molecule has 31 heavy (non-hydrogen) atoms. The Kier molecular flexibility index (Phi) is 6.42. The number of benzene rings is 2. The molecule has 3 rings (SSSR count). The van der Waals surface area contributed by atoms with Crippen molar-refractivity contribution in [3.63, 3.8) is 0 Å². The molecule has 0 amide bonds. The van der Waals surface area contributed by atoms with Gasteiger partial charge in [-0.25, -0.2) is 26.5 Å². The van der Waals surface area contributed by atoms with Gasteiger partial charge in [0.05, 0.1) is 22.3 Å². The van der Waals surface area contributed by atoms with Crippen LogP contribution in [0.1, 0.15) is 30.8 Å². The van der Waals surface area contributed by atoms with Crippen molar-refractivity contribution in [2.45, 2.75) is 30.8 Å². The van der Waals surface area contributed by atoms with Gasteiger partial charge in [-0.3, -0.25) is 4.79 Å². The summed E-state index contributed by atoms with van der Waals surface area (Å²) < 4.78 is 60.0. The van der Waals surface area contributed by atoms with Gasteiger partial charge < -0.3 is 9.30 Å². The first-order valence-electron chi connectivity index (χ1n) is 9.53. The number of nitrogens with zero attached hydrogens (tertiary/aromatic N) is 3. The predicted molar refractivity (Wildman–Crippen MR) is 111 cm³/mol. The Bertz CT molecular complexity index is 1240. The molecule has 1 unspecified atom stereocenters. The number of halogens is 2. The van der Waals surface area contributed by atoms with Crippen molar-refractivity contribution in [3.8, 4) is 0 Å². The summed E-state index contributed by atoms with van der Waals surface area (Å²) in [4.78, 5) is 16.8. The molecule has 0 aliphatic rings. The van der Waals surface area contributed by atoms with E-state index in [1.54, 1.807) is 17.7 Å². The average Bonchev–Trinajstić information content (AvgIpc) is 3.03. The van der Waals surface area contributed by atoms with Crippen molar-refractivity contribution in [2.75, 3.05) is 14.1 Å². The average molecular weight is 451 g/mol. The first-order chi connectivity index (χ1) is 14.5. The quantitative estimate of drug-likeness (QED) is 0.515. The molecule has 10 heteroatoms. The van der Waals surface area contributed by atoms with Crippen molar-refractivity contribution >= 4 is 27.0 Å². The van der Waals surface area contributed by atoms with Gasteiger partial charge in [0.1, 0.15) is 23.6 Å². The maximum Gasteiger partial charge on any atom is 0.306 e. The number of hydrogen-bond acceptors (Lipinski definition) is 5. The number of ether oxygens (including phenoxy) is 1. The highest BCUT2D eigenvalue weighted by Gasteiger charge is 2.20. The van der Waals surface area contributed by atoms with E-state index < -0.39 is 33.7 Å². The lowest BCUT2D eigenvalue weighted by molar-refractivity contribution is -0.148. The highest BCUT2D eigenvalue weighted by molar-refractivity contribution is 7.89. The molecule has 1 heterocycles. The summed E-state index contributed by atoms with van der Waals surface area (Å²) >= 11 is 0. The fraction of sp³-hybridized carbons (Fsp3) is 0.333. The summed E-state index contributed by atoms with van der Waals surface area (Å²) in [7, 11) is 1.07. The van der Waals surface area contributed by atoms with E-state index in [1.165, 1.54) is 33.2 Å². The van der Waals surface area contributed by atoms with Crippen molar-refractivity contribution in [3.05, 3.63) is 59.4 Å². The van der Waals surface area contributed by atoms with Crippen molar-refractivity contribution in [1.29, 1.82) is 0 Å². The minimum absolute atomic E-state index is 0.0265. The third-order valence-corrected chi connectivity index (χ3v) is 6.79. The molecule has 1 atom stereocenters. The Hall–Kier alpha value is -2.85. The van der Waals surface area contributed by atoms with Crippen molar-refractivity contribution in [2.24, 2.45) is 7.05 Å². The number of imidazole rings is 1. The SMILES string of the molecule is CC(OC(=O)CCc1nc2cc(S(=O)(=O)N(C)C)ccc2n1C)c1cc(F)ccc1F. The minimum Gasteiger partial charge on any atom is -0.458 e. The van der Waals surface area contributed by atoms with Gasteiger partial charge in [0.25, 0.3) is 0 Å². The van der Waals surface area contributed by atoms with Crippen LogP contribution in [0.4, 0.5) is 8.78 Å². The molecule has 0 N–H and O–H groups in total. The molecule has 0 bridgehead atoms. The van der Waals surface area contributed by atoms with Gasteiger partial charge >= 0.3 is 5.97 Å². The Morgan fingerprint density at radius 1 is 1.19 bits per heavy atom. The minimum atomic E-state index is -3.59. The van der Waals surface area contributed by atoms with E-state index in [2.05, 4.69) is 4.98 Å². The van der Waals surface area contributed by atoms with E-state index in [-0.39, 0.29) is 23.3 Å². The number of fused-ring (bicyclic) bond motifs is 1. The Labute approximate surface area is 179 Å². The Morgan fingerprint density at radius 3 is 2.58 bits per heavy atom. The monoisotopic (exact) mass is 451 g/mol. The summed E-state index contributed by atoms with van der Waals surface area (Å²) in [5, 5.41) is 0. The molecule has 0 aliphatic heterocycles. The zero-order valence-electron chi connectivity index (χ0n) is 17.6. The first-order valence-corrected chi connectivity index (χ1v) is 11.0. The summed E-state index contributed by atoms with van der Waals surface area (Å²) in [5.74, 6) is -1.29. The fourth-order valence-electron chi connectivity index (χ4n) is 3.18. The van der Waals surface area contributed by atoms with Gasteiger partial charge in [-0.05, 0) is 43.3 Å². The van der Waals surface area contributed by atoms with Gasteiger partial charge in [-0.2, -0.15) is 0 Å². The van der Waals surface area contributed by atoms with E-state index in [0.717, 1.165) is 28.0 Å². The standard InChI is InChI=1S/C21H23F2N3O4S/c1-13(16-11-14(22)5-7-17(16)23)30-21(27)10-9-20-24-18-12-15(31(28,29)25(2)3)6-8-19(18)26(20)4/h5-8,11-13H,9-10H2,1-4H3. The van der Waals surface area contributed by atoms with Crippen LogP contribution in [0.2, 0.25) is 0 Å². The molecular formula is C21H23F2N3O4S. The fourth-order valence-corrected chi connectivity index (χ4v) is 4.11. The number of aromatic nitrogens is 2. The molecule has 1 aromatic heterocycles. The summed E-state index contributed by atoms with van der Waals surface area (Å²) in [5.41, 5.74) is 1.17. The molecule has 0 saturated heterocycles. The topological polar surface area (TPSA) is 81.5 Å². The summed E-state index contributed by atoms with van der Waals surface area (Å²) in [6.07, 6.45) is -0.734. The summed E-state index contributed by atoms with van der Waals surface area (Å²) in [6.45, 7) is 1.47. The molecule has 2 aromatic carbocycles. The van der Waals surface area contributed by atoms with Gasteiger partial charge in [0, 0.05) is 33.1 Å². The second-order valence-electron chi connectivity index (χ2n) is 7.32. The highest BCUT2D eigenvalue weighted by atomic mass is 32.2. The zero-order valence-corrected chi connectivity index (χ0v) is 18.4. The van der Waals surface area contributed by atoms with Crippen LogP contribution in [0.25, 0.3) is 11.0 Å². The number of aryl methyl sites for hydroxylation is 2. The van der Waals surface area contributed by atoms with Crippen molar-refractivity contribution < 1.29 is 26.7 Å². The number of esters is 1. The Morgan fingerprint density at radius 2 is 1.90 bits per heavy atom. The molecule has 0 spiro atoms. The smallest absolute Gasteiger partial charge is 0.306 e. The number of carbonyl (C=O) groups is 1. The molecule has 3 aromatic rings. The zero-order chi connectivity index (χ0) is 22.9. The van der Waals surface area contributed by atoms with Crippen LogP contribution < -0.4 is 0 Å². The lowest BCUT2D eigenvalue weighted by Crippen LogP contribution is -2.22. The van der Waals surface area contributed by atoms with Crippen LogP contribution in [0.15, 0.2) is 41.3 Å². The number of carbonyl (C=O) groups excluding carboxylic acids is 1. The normalized spacial score (nSPS) is 13.0. The second-order valence-corrected chi connectivity index (χ2v) is 9.47. The molecule has 7 nitrogen and oxygen atoms in total. The molecule has 166 valence electrons. The highest BCUT2D eigenvalue weighted by Crippen LogP contribution is 2.24. The van der Waals surface area contributed by atoms with Crippen LogP contribution in [0.5, 0.6) is 0 Å². The lowest BCUT2D eigenvalue weighted by atomic mass is 10.1. The number of sulfonamides is 1. The van der Waals surface area contributed by atoms with Gasteiger partial charge in [-0.15, -0.1) is 0 Å². The van der Waals surface area contributed by atoms with Crippen molar-refractivity contribution in [1.82, 2.24) is 13.9 Å². The van der Waals surface area contributed by atoms with Crippen LogP contribution in [0, 0.1) is 11.6 Å². The molecule has 0 saturated carbocycles. The van der Waals surface area contributed by atoms with E-state index in [4.69, 9.17) is 4.74 Å². The van der Waals surface area contributed by atoms with Gasteiger partial charge in [0.2, 0.25) is 10.0 Å². The van der Waals surface area contributed by atoms with Crippen LogP contribution in [0.3, 0.4) is 0 Å². The van der Waals surface area contributed by atoms with E-state index in [1.807, 2.05) is 0 Å². The van der Waals surface area contributed by atoms with Crippen LogP contribution >= 0.6 is 0 Å². The maximum absolute atomic E-state index is 13.8. The van der Waals surface area contributed by atoms with E-state index in [9.17, 15) is 22.0 Å².